The zero-order chi connectivity index (χ0) is 17.1. The summed E-state index contributed by atoms with van der Waals surface area (Å²) in [5.74, 6) is -0.691. The van der Waals surface area contributed by atoms with Crippen LogP contribution in [-0.2, 0) is 11.3 Å². The molecule has 1 saturated heterocycles. The molecule has 0 spiro atoms. The molecule has 6 heteroatoms. The molecule has 126 valence electrons. The lowest BCUT2D eigenvalue weighted by molar-refractivity contribution is -0.125. The number of hydrazine groups is 1. The van der Waals surface area contributed by atoms with Gasteiger partial charge in [0.05, 0.1) is 12.0 Å². The van der Waals surface area contributed by atoms with Gasteiger partial charge in [-0.2, -0.15) is 0 Å². The van der Waals surface area contributed by atoms with Gasteiger partial charge in [0.15, 0.2) is 0 Å². The molecule has 0 bridgehead atoms. The van der Waals surface area contributed by atoms with E-state index in [1.54, 1.807) is 6.07 Å². The summed E-state index contributed by atoms with van der Waals surface area (Å²) < 4.78 is 13.1. The zero-order valence-electron chi connectivity index (χ0n) is 13.3. The Hall–Kier alpha value is -1.95. The Labute approximate surface area is 145 Å². The first-order chi connectivity index (χ1) is 11.5. The molecule has 1 aliphatic rings. The van der Waals surface area contributed by atoms with Gasteiger partial charge >= 0.3 is 0 Å². The van der Waals surface area contributed by atoms with Crippen molar-refractivity contribution < 1.29 is 9.18 Å². The van der Waals surface area contributed by atoms with Crippen molar-refractivity contribution in [1.29, 1.82) is 0 Å². The van der Waals surface area contributed by atoms with Crippen LogP contribution in [-0.4, -0.2) is 12.5 Å². The molecule has 1 fully saturated rings. The molecule has 2 aromatic carbocycles. The van der Waals surface area contributed by atoms with Crippen molar-refractivity contribution in [3.8, 4) is 0 Å². The second-order valence-corrected chi connectivity index (χ2v) is 6.38. The predicted octanol–water partition coefficient (Wildman–Crippen LogP) is 2.87. The Morgan fingerprint density at radius 3 is 2.92 bits per heavy atom. The third-order valence-electron chi connectivity index (χ3n) is 4.19. The lowest BCUT2D eigenvalue weighted by Crippen LogP contribution is -2.34. The maximum atomic E-state index is 13.1. The molecular weight excluding hydrogens is 329 g/mol. The van der Waals surface area contributed by atoms with E-state index in [0.29, 0.717) is 17.1 Å². The van der Waals surface area contributed by atoms with Gasteiger partial charge in [0.25, 0.3) is 0 Å². The predicted molar refractivity (Wildman–Crippen MR) is 91.8 cm³/mol. The van der Waals surface area contributed by atoms with E-state index >= 15 is 0 Å². The molecule has 3 N–H and O–H groups in total. The van der Waals surface area contributed by atoms with Gasteiger partial charge in [0, 0.05) is 18.1 Å². The highest BCUT2D eigenvalue weighted by atomic mass is 35.5. The average Bonchev–Trinajstić information content (AvgIpc) is 3.03. The highest BCUT2D eigenvalue weighted by molar-refractivity contribution is 6.31. The first-order valence-electron chi connectivity index (χ1n) is 7.81. The van der Waals surface area contributed by atoms with E-state index in [1.165, 1.54) is 12.1 Å². The number of hydrogen-bond donors (Lipinski definition) is 3. The quantitative estimate of drug-likeness (QED) is 0.797. The maximum absolute atomic E-state index is 13.1. The standard InChI is InChI=1S/C18H19ClFN3O/c1-11-3-2-4-12(7-11)17-15(10-22-23-17)18(24)21-9-13-5-6-14(20)8-16(13)19/h2-8,15,17,22-23H,9-10H2,1H3,(H,21,24). The van der Waals surface area contributed by atoms with Crippen LogP contribution in [0.15, 0.2) is 42.5 Å². The van der Waals surface area contributed by atoms with E-state index in [4.69, 9.17) is 11.6 Å². The molecular formula is C18H19ClFN3O. The van der Waals surface area contributed by atoms with Crippen molar-refractivity contribution >= 4 is 17.5 Å². The molecule has 0 saturated carbocycles. The normalized spacial score (nSPS) is 20.1. The van der Waals surface area contributed by atoms with Crippen LogP contribution in [0.25, 0.3) is 0 Å². The minimum absolute atomic E-state index is 0.0700. The highest BCUT2D eigenvalue weighted by Crippen LogP contribution is 2.26. The topological polar surface area (TPSA) is 53.2 Å². The van der Waals surface area contributed by atoms with Gasteiger partial charge in [0.1, 0.15) is 5.82 Å². The largest absolute Gasteiger partial charge is 0.352 e. The lowest BCUT2D eigenvalue weighted by atomic mass is 9.93. The van der Waals surface area contributed by atoms with E-state index < -0.39 is 5.82 Å². The highest BCUT2D eigenvalue weighted by Gasteiger charge is 2.33. The van der Waals surface area contributed by atoms with E-state index in [1.807, 2.05) is 25.1 Å². The fourth-order valence-corrected chi connectivity index (χ4v) is 3.13. The van der Waals surface area contributed by atoms with Gasteiger partial charge in [-0.25, -0.2) is 9.82 Å². The number of rotatable bonds is 4. The maximum Gasteiger partial charge on any atom is 0.226 e. The van der Waals surface area contributed by atoms with Crippen LogP contribution in [0.5, 0.6) is 0 Å². The number of nitrogens with one attached hydrogen (secondary N) is 3. The molecule has 2 unspecified atom stereocenters. The third-order valence-corrected chi connectivity index (χ3v) is 4.54. The summed E-state index contributed by atoms with van der Waals surface area (Å²) in [5, 5.41) is 3.20. The Bertz CT molecular complexity index is 753. The van der Waals surface area contributed by atoms with Crippen LogP contribution in [0.2, 0.25) is 5.02 Å². The molecule has 1 aliphatic heterocycles. The van der Waals surface area contributed by atoms with Gasteiger partial charge in [-0.1, -0.05) is 47.5 Å². The van der Waals surface area contributed by atoms with Crippen LogP contribution in [0.1, 0.15) is 22.7 Å². The number of amides is 1. The number of benzene rings is 2. The molecule has 0 aromatic heterocycles. The Balaban J connectivity index is 1.67. The first-order valence-corrected chi connectivity index (χ1v) is 8.19. The Morgan fingerprint density at radius 1 is 1.33 bits per heavy atom. The fraction of sp³-hybridized carbons (Fsp3) is 0.278. The molecule has 1 amide bonds. The Morgan fingerprint density at radius 2 is 2.17 bits per heavy atom. The summed E-state index contributed by atoms with van der Waals surface area (Å²) in [4.78, 5) is 12.6. The zero-order valence-corrected chi connectivity index (χ0v) is 14.0. The fourth-order valence-electron chi connectivity index (χ4n) is 2.90. The summed E-state index contributed by atoms with van der Waals surface area (Å²) in [6.45, 7) is 2.84. The van der Waals surface area contributed by atoms with E-state index in [2.05, 4.69) is 22.2 Å². The van der Waals surface area contributed by atoms with Crippen LogP contribution in [0.4, 0.5) is 4.39 Å². The number of halogens is 2. The molecule has 2 atom stereocenters. The summed E-state index contributed by atoms with van der Waals surface area (Å²) in [5.41, 5.74) is 9.13. The number of aryl methyl sites for hydroxylation is 1. The average molecular weight is 348 g/mol. The number of carbonyl (C=O) groups is 1. The van der Waals surface area contributed by atoms with Gasteiger partial charge in [0.2, 0.25) is 5.91 Å². The second kappa shape index (κ2) is 7.30. The van der Waals surface area contributed by atoms with Crippen molar-refractivity contribution in [2.24, 2.45) is 5.92 Å². The number of carbonyl (C=O) groups excluding carboxylic acids is 1. The third kappa shape index (κ3) is 3.75. The van der Waals surface area contributed by atoms with Crippen LogP contribution < -0.4 is 16.2 Å². The van der Waals surface area contributed by atoms with E-state index in [0.717, 1.165) is 11.1 Å². The van der Waals surface area contributed by atoms with Gasteiger partial charge in [-0.15, -0.1) is 0 Å². The molecule has 1 heterocycles. The lowest BCUT2D eigenvalue weighted by Gasteiger charge is -2.19. The molecule has 4 nitrogen and oxygen atoms in total. The minimum Gasteiger partial charge on any atom is -0.352 e. The van der Waals surface area contributed by atoms with Crippen LogP contribution in [0, 0.1) is 18.7 Å². The number of hydrogen-bond acceptors (Lipinski definition) is 3. The molecule has 24 heavy (non-hydrogen) atoms. The monoisotopic (exact) mass is 347 g/mol. The second-order valence-electron chi connectivity index (χ2n) is 5.98. The Kier molecular flexibility index (Phi) is 5.14. The van der Waals surface area contributed by atoms with Crippen molar-refractivity contribution in [3.05, 3.63) is 70.0 Å². The molecule has 2 aromatic rings. The van der Waals surface area contributed by atoms with Crippen molar-refractivity contribution in [2.45, 2.75) is 19.5 Å². The summed E-state index contributed by atoms with van der Waals surface area (Å²) in [6.07, 6.45) is 0. The summed E-state index contributed by atoms with van der Waals surface area (Å²) in [7, 11) is 0. The molecule has 3 rings (SSSR count). The first kappa shape index (κ1) is 16.9. The smallest absolute Gasteiger partial charge is 0.226 e. The van der Waals surface area contributed by atoms with Crippen molar-refractivity contribution in [3.63, 3.8) is 0 Å². The van der Waals surface area contributed by atoms with Gasteiger partial charge < -0.3 is 5.32 Å². The minimum atomic E-state index is -0.390. The van der Waals surface area contributed by atoms with Gasteiger partial charge in [-0.3, -0.25) is 10.2 Å². The summed E-state index contributed by atoms with van der Waals surface area (Å²) in [6, 6.07) is 12.2. The van der Waals surface area contributed by atoms with Crippen molar-refractivity contribution in [2.75, 3.05) is 6.54 Å². The summed E-state index contributed by atoms with van der Waals surface area (Å²) >= 11 is 6.00. The van der Waals surface area contributed by atoms with Gasteiger partial charge in [-0.05, 0) is 30.2 Å². The van der Waals surface area contributed by atoms with E-state index in [9.17, 15) is 9.18 Å². The van der Waals surface area contributed by atoms with Crippen LogP contribution >= 0.6 is 11.6 Å². The van der Waals surface area contributed by atoms with Crippen molar-refractivity contribution in [1.82, 2.24) is 16.2 Å². The molecule has 0 aliphatic carbocycles. The van der Waals surface area contributed by atoms with Crippen LogP contribution in [0.3, 0.4) is 0 Å². The molecule has 0 radical (unpaired) electrons. The SMILES string of the molecule is Cc1cccc(C2NNCC2C(=O)NCc2ccc(F)cc2Cl)c1. The van der Waals surface area contributed by atoms with E-state index in [-0.39, 0.29) is 24.4 Å².